The first-order valence-electron chi connectivity index (χ1n) is 19.8. The number of hydrogen-bond acceptors (Lipinski definition) is 2. The summed E-state index contributed by atoms with van der Waals surface area (Å²) in [6.07, 6.45) is -3.52. The average molecular weight is 720 g/mol. The van der Waals surface area contributed by atoms with Gasteiger partial charge in [0.1, 0.15) is 11.4 Å². The van der Waals surface area contributed by atoms with Crippen molar-refractivity contribution in [3.63, 3.8) is 0 Å². The van der Waals surface area contributed by atoms with E-state index < -0.39 is 23.8 Å². The van der Waals surface area contributed by atoms with Crippen molar-refractivity contribution < 1.29 is 18.7 Å². The van der Waals surface area contributed by atoms with E-state index in [9.17, 15) is 0 Å². The van der Waals surface area contributed by atoms with Crippen LogP contribution in [0.5, 0.6) is 0 Å². The Morgan fingerprint density at radius 3 is 1.02 bits per heavy atom. The van der Waals surface area contributed by atoms with Crippen LogP contribution in [0.3, 0.4) is 0 Å². The number of pyridine rings is 2. The lowest BCUT2D eigenvalue weighted by Gasteiger charge is -2.61. The van der Waals surface area contributed by atoms with Crippen molar-refractivity contribution in [3.8, 4) is 0 Å². The summed E-state index contributed by atoms with van der Waals surface area (Å²) in [6, 6.07) is 71.6. The zero-order chi connectivity index (χ0) is 37.3. The van der Waals surface area contributed by atoms with Crippen molar-refractivity contribution in [2.45, 2.75) is 25.0 Å². The standard InChI is InChI=1S/C50H38B2N2O2/c1-35-19-15-33-45-49-41-29-18-32-44-48(41)50(56-55-49,46-34-16-20-36(2)54(46)52(44,39-25-11-5-12-26-39)40-27-13-6-14-28-40)42-30-17-31-43(47(42)49)51(53(35)45,37-21-7-3-8-22-37)38-23-9-4-10-24-38/h3-34H,1-2H3/t49-,50-/m1/s1. The Kier molecular flexibility index (Phi) is 6.35. The van der Waals surface area contributed by atoms with E-state index >= 15 is 0 Å². The van der Waals surface area contributed by atoms with Gasteiger partial charge in [0.15, 0.2) is 11.4 Å². The second-order valence-corrected chi connectivity index (χ2v) is 16.2. The van der Waals surface area contributed by atoms with E-state index in [-0.39, 0.29) is 0 Å². The summed E-state index contributed by atoms with van der Waals surface area (Å²) in [5, 5.41) is 0. The molecular weight excluding hydrogens is 682 g/mol. The maximum absolute atomic E-state index is 7.29. The van der Waals surface area contributed by atoms with Gasteiger partial charge in [-0.3, -0.25) is 0 Å². The molecule has 0 fully saturated rings. The minimum absolute atomic E-state index is 1.05. The minimum Gasteiger partial charge on any atom is -0.407 e. The molecule has 0 saturated heterocycles. The van der Waals surface area contributed by atoms with E-state index in [0.29, 0.717) is 0 Å². The van der Waals surface area contributed by atoms with Gasteiger partial charge in [-0.25, -0.2) is 9.78 Å². The fourth-order valence-electron chi connectivity index (χ4n) is 12.2. The van der Waals surface area contributed by atoms with Crippen molar-refractivity contribution >= 4 is 45.3 Å². The smallest absolute Gasteiger partial charge is 0.360 e. The molecule has 0 amide bonds. The Morgan fingerprint density at radius 1 is 0.357 bits per heavy atom. The van der Waals surface area contributed by atoms with Crippen molar-refractivity contribution in [1.29, 1.82) is 0 Å². The summed E-state index contributed by atoms with van der Waals surface area (Å²) in [5.41, 5.74) is 14.5. The Hall–Kier alpha value is -6.33. The van der Waals surface area contributed by atoms with Crippen molar-refractivity contribution in [3.05, 3.63) is 239 Å². The molecule has 0 N–H and O–H groups in total. The van der Waals surface area contributed by atoms with E-state index in [0.717, 1.165) is 33.9 Å². The summed E-state index contributed by atoms with van der Waals surface area (Å²) in [5.74, 6) is 0. The van der Waals surface area contributed by atoms with Gasteiger partial charge in [-0.15, -0.1) is 32.8 Å². The lowest BCUT2D eigenvalue weighted by Crippen LogP contribution is -2.93. The number of aryl methyl sites for hydroxylation is 2. The van der Waals surface area contributed by atoms with E-state index in [1.165, 1.54) is 43.9 Å². The highest BCUT2D eigenvalue weighted by atomic mass is 17.2. The number of nitrogens with zero attached hydrogens (tertiary/aromatic N) is 2. The molecule has 6 heteroatoms. The Labute approximate surface area is 327 Å². The van der Waals surface area contributed by atoms with Crippen LogP contribution in [0.4, 0.5) is 0 Å². The van der Waals surface area contributed by atoms with Crippen molar-refractivity contribution in [2.24, 2.45) is 0 Å². The molecule has 0 radical (unpaired) electrons. The van der Waals surface area contributed by atoms with Crippen LogP contribution < -0.4 is 41.7 Å². The molecule has 1 aliphatic carbocycles. The van der Waals surface area contributed by atoms with Crippen molar-refractivity contribution in [1.82, 2.24) is 0 Å². The molecule has 6 heterocycles. The molecule has 0 unspecified atom stereocenters. The number of aromatic nitrogens is 2. The molecule has 2 atom stereocenters. The number of fused-ring (bicyclic) bond motifs is 3. The SMILES string of the molecule is Cc1cccc2[n+]1[B-](c1ccccc1)(c1ccccc1)c1cccc3c1[C@]21OO[C@]32c3c(cccc31)[B-](c1ccccc1)(c1ccccc1)[n+]1c(C)cccc12. The molecule has 56 heavy (non-hydrogen) atoms. The van der Waals surface area contributed by atoms with Crippen molar-refractivity contribution in [2.75, 3.05) is 0 Å². The largest absolute Gasteiger partial charge is 0.407 e. The van der Waals surface area contributed by atoms with Gasteiger partial charge < -0.3 is 8.96 Å². The van der Waals surface area contributed by atoms with E-state index in [2.05, 4.69) is 217 Å². The lowest BCUT2D eigenvalue weighted by atomic mass is 9.20. The molecular formula is C50H38B2N2O2. The van der Waals surface area contributed by atoms with Crippen LogP contribution in [0.2, 0.25) is 0 Å². The van der Waals surface area contributed by atoms with Gasteiger partial charge >= 0.3 is 12.6 Å². The summed E-state index contributed by atoms with van der Waals surface area (Å²) in [4.78, 5) is 14.6. The fourth-order valence-corrected chi connectivity index (χ4v) is 12.2. The Balaban J connectivity index is 1.32. The second-order valence-electron chi connectivity index (χ2n) is 16.2. The number of hydrogen-bond donors (Lipinski definition) is 0. The van der Waals surface area contributed by atoms with Crippen LogP contribution in [-0.4, -0.2) is 12.6 Å². The Bertz CT molecular complexity index is 2630. The second kappa shape index (κ2) is 11.1. The highest BCUT2D eigenvalue weighted by molar-refractivity contribution is 7.06. The predicted octanol–water partition coefficient (Wildman–Crippen LogP) is 4.39. The van der Waals surface area contributed by atoms with Crippen LogP contribution in [0.25, 0.3) is 0 Å². The molecule has 2 aromatic heterocycles. The zero-order valence-electron chi connectivity index (χ0n) is 31.3. The average Bonchev–Trinajstić information content (AvgIpc) is 3.26. The van der Waals surface area contributed by atoms with Gasteiger partial charge in [0, 0.05) is 37.1 Å². The molecule has 2 spiro atoms. The first-order chi connectivity index (χ1) is 27.6. The molecule has 266 valence electrons. The van der Waals surface area contributed by atoms with E-state index in [1.807, 2.05) is 0 Å². The number of benzene rings is 6. The lowest BCUT2D eigenvalue weighted by molar-refractivity contribution is -0.593. The molecule has 8 aromatic rings. The topological polar surface area (TPSA) is 26.2 Å². The molecule has 6 aromatic carbocycles. The highest BCUT2D eigenvalue weighted by Crippen LogP contribution is 2.61. The van der Waals surface area contributed by atoms with Crippen LogP contribution >= 0.6 is 0 Å². The monoisotopic (exact) mass is 720 g/mol. The van der Waals surface area contributed by atoms with Gasteiger partial charge in [0.2, 0.25) is 11.2 Å². The molecule has 13 rings (SSSR count). The highest BCUT2D eigenvalue weighted by Gasteiger charge is 2.72. The minimum atomic E-state index is -1.76. The fraction of sp³-hybridized carbons (Fsp3) is 0.0800. The van der Waals surface area contributed by atoms with Gasteiger partial charge in [0.05, 0.1) is 0 Å². The summed E-state index contributed by atoms with van der Waals surface area (Å²) >= 11 is 0. The zero-order valence-corrected chi connectivity index (χ0v) is 31.3. The van der Waals surface area contributed by atoms with E-state index in [1.54, 1.807) is 0 Å². The first-order valence-corrected chi connectivity index (χ1v) is 19.8. The molecule has 2 bridgehead atoms. The molecule has 5 aliphatic rings. The van der Waals surface area contributed by atoms with Crippen LogP contribution in [-0.2, 0) is 21.0 Å². The normalized spacial score (nSPS) is 21.0. The van der Waals surface area contributed by atoms with E-state index in [4.69, 9.17) is 9.78 Å². The van der Waals surface area contributed by atoms with Crippen LogP contribution in [0, 0.1) is 13.8 Å². The van der Waals surface area contributed by atoms with Gasteiger partial charge in [-0.2, -0.15) is 0 Å². The molecule has 4 nitrogen and oxygen atoms in total. The van der Waals surface area contributed by atoms with Crippen LogP contribution in [0.15, 0.2) is 194 Å². The predicted molar refractivity (Wildman–Crippen MR) is 223 cm³/mol. The Morgan fingerprint density at radius 2 is 0.679 bits per heavy atom. The third kappa shape index (κ3) is 3.48. The number of rotatable bonds is 4. The third-order valence-electron chi connectivity index (χ3n) is 13.9. The maximum Gasteiger partial charge on any atom is 0.360 e. The van der Waals surface area contributed by atoms with Crippen LogP contribution in [0.1, 0.15) is 45.0 Å². The van der Waals surface area contributed by atoms with Gasteiger partial charge in [0.25, 0.3) is 0 Å². The third-order valence-corrected chi connectivity index (χ3v) is 13.9. The quantitative estimate of drug-likeness (QED) is 0.199. The summed E-state index contributed by atoms with van der Waals surface area (Å²) in [7, 11) is 0. The summed E-state index contributed by atoms with van der Waals surface area (Å²) in [6.45, 7) is 4.48. The molecule has 0 saturated carbocycles. The van der Waals surface area contributed by atoms with Gasteiger partial charge in [-0.1, -0.05) is 170 Å². The first kappa shape index (κ1) is 32.0. The molecule has 4 aliphatic heterocycles. The van der Waals surface area contributed by atoms with Gasteiger partial charge in [-0.05, 0) is 23.3 Å². The maximum atomic E-state index is 7.29. The summed E-state index contributed by atoms with van der Waals surface area (Å²) < 4.78 is 5.20.